The number of fused-ring (bicyclic) bond motifs is 1. The maximum Gasteiger partial charge on any atom is 0.332 e. The molecule has 0 aromatic carbocycles. The zero-order valence-electron chi connectivity index (χ0n) is 15.1. The Kier molecular flexibility index (Phi) is 4.43. The van der Waals surface area contributed by atoms with Gasteiger partial charge in [0.25, 0.3) is 5.56 Å². The van der Waals surface area contributed by atoms with E-state index in [9.17, 15) is 14.4 Å². The highest BCUT2D eigenvalue weighted by Gasteiger charge is 2.16. The minimum absolute atomic E-state index is 0.112. The van der Waals surface area contributed by atoms with E-state index in [0.717, 1.165) is 9.44 Å². The first-order chi connectivity index (χ1) is 13.5. The van der Waals surface area contributed by atoms with Crippen LogP contribution in [0.15, 0.2) is 44.0 Å². The second-order valence-electron chi connectivity index (χ2n) is 6.19. The van der Waals surface area contributed by atoms with Crippen LogP contribution in [0, 0.1) is 0 Å². The lowest BCUT2D eigenvalue weighted by atomic mass is 10.3. The summed E-state index contributed by atoms with van der Waals surface area (Å²) < 4.78 is 8.96. The molecule has 28 heavy (non-hydrogen) atoms. The second-order valence-corrected chi connectivity index (χ2v) is 7.13. The SMILES string of the molecule is Cn1c(=O)c2c(ncn2CC(=O)NCc2cc(-c3cccs3)on2)n(C)c1=O. The van der Waals surface area contributed by atoms with Crippen LogP contribution >= 0.6 is 11.3 Å². The van der Waals surface area contributed by atoms with Crippen LogP contribution < -0.4 is 16.6 Å². The van der Waals surface area contributed by atoms with Crippen molar-refractivity contribution in [2.45, 2.75) is 13.1 Å². The van der Waals surface area contributed by atoms with E-state index in [0.29, 0.717) is 11.5 Å². The van der Waals surface area contributed by atoms with E-state index in [-0.39, 0.29) is 30.2 Å². The van der Waals surface area contributed by atoms with Crippen molar-refractivity contribution in [2.24, 2.45) is 14.1 Å². The Hall–Kier alpha value is -3.47. The van der Waals surface area contributed by atoms with Gasteiger partial charge in [0, 0.05) is 20.2 Å². The Labute approximate surface area is 161 Å². The molecule has 0 fully saturated rings. The molecule has 0 spiro atoms. The molecule has 11 heteroatoms. The number of carbonyl (C=O) groups is 1. The largest absolute Gasteiger partial charge is 0.355 e. The zero-order valence-corrected chi connectivity index (χ0v) is 15.9. The van der Waals surface area contributed by atoms with Crippen LogP contribution in [-0.2, 0) is 32.0 Å². The summed E-state index contributed by atoms with van der Waals surface area (Å²) in [4.78, 5) is 41.7. The maximum atomic E-state index is 12.4. The van der Waals surface area contributed by atoms with Gasteiger partial charge in [0.2, 0.25) is 5.91 Å². The van der Waals surface area contributed by atoms with E-state index in [2.05, 4.69) is 15.5 Å². The number of amides is 1. The minimum atomic E-state index is -0.500. The topological polar surface area (TPSA) is 117 Å². The number of nitrogens with zero attached hydrogens (tertiary/aromatic N) is 5. The van der Waals surface area contributed by atoms with Gasteiger partial charge in [0.1, 0.15) is 12.2 Å². The molecule has 1 N–H and O–H groups in total. The van der Waals surface area contributed by atoms with Crippen LogP contribution in [0.1, 0.15) is 5.69 Å². The quantitative estimate of drug-likeness (QED) is 0.520. The molecule has 0 atom stereocenters. The van der Waals surface area contributed by atoms with Crippen LogP contribution in [0.4, 0.5) is 0 Å². The molecule has 10 nitrogen and oxygen atoms in total. The van der Waals surface area contributed by atoms with Gasteiger partial charge in [-0.3, -0.25) is 18.7 Å². The van der Waals surface area contributed by atoms with Gasteiger partial charge in [-0.25, -0.2) is 9.78 Å². The molecule has 0 aliphatic rings. The summed E-state index contributed by atoms with van der Waals surface area (Å²) in [7, 11) is 2.91. The Morgan fingerprint density at radius 3 is 2.86 bits per heavy atom. The third kappa shape index (κ3) is 3.05. The van der Waals surface area contributed by atoms with Gasteiger partial charge in [0.05, 0.1) is 17.7 Å². The summed E-state index contributed by atoms with van der Waals surface area (Å²) in [5.74, 6) is 0.320. The predicted molar refractivity (Wildman–Crippen MR) is 102 cm³/mol. The van der Waals surface area contributed by atoms with Gasteiger partial charge in [-0.15, -0.1) is 11.3 Å². The van der Waals surface area contributed by atoms with Gasteiger partial charge in [-0.1, -0.05) is 11.2 Å². The number of aryl methyl sites for hydroxylation is 1. The smallest absolute Gasteiger partial charge is 0.332 e. The maximum absolute atomic E-state index is 12.4. The van der Waals surface area contributed by atoms with Crippen molar-refractivity contribution < 1.29 is 9.32 Å². The molecular formula is C17H16N6O4S. The number of rotatable bonds is 5. The molecule has 0 radical (unpaired) electrons. The molecule has 0 bridgehead atoms. The van der Waals surface area contributed by atoms with Gasteiger partial charge in [-0.05, 0) is 11.4 Å². The van der Waals surface area contributed by atoms with Crippen molar-refractivity contribution in [3.05, 3.63) is 56.4 Å². The highest BCUT2D eigenvalue weighted by atomic mass is 32.1. The van der Waals surface area contributed by atoms with E-state index in [4.69, 9.17) is 4.52 Å². The molecule has 4 heterocycles. The van der Waals surface area contributed by atoms with Gasteiger partial charge in [0.15, 0.2) is 16.9 Å². The molecule has 0 aliphatic carbocycles. The summed E-state index contributed by atoms with van der Waals surface area (Å²) in [5.41, 5.74) is 0.0463. The summed E-state index contributed by atoms with van der Waals surface area (Å²) >= 11 is 1.54. The number of aromatic nitrogens is 5. The van der Waals surface area contributed by atoms with E-state index in [1.54, 1.807) is 6.07 Å². The number of hydrogen-bond donors (Lipinski definition) is 1. The summed E-state index contributed by atoms with van der Waals surface area (Å²) in [6.45, 7) is 0.0798. The first-order valence-electron chi connectivity index (χ1n) is 8.32. The summed E-state index contributed by atoms with van der Waals surface area (Å²) in [5, 5.41) is 8.62. The Morgan fingerprint density at radius 1 is 1.29 bits per heavy atom. The molecule has 1 amide bonds. The van der Waals surface area contributed by atoms with E-state index in [1.165, 1.54) is 40.9 Å². The van der Waals surface area contributed by atoms with Crippen LogP contribution in [0.25, 0.3) is 21.8 Å². The predicted octanol–water partition coefficient (Wildman–Crippen LogP) is 0.467. The Morgan fingerprint density at radius 2 is 2.11 bits per heavy atom. The van der Waals surface area contributed by atoms with Crippen molar-refractivity contribution in [1.82, 2.24) is 29.2 Å². The third-order valence-electron chi connectivity index (χ3n) is 4.32. The highest BCUT2D eigenvalue weighted by Crippen LogP contribution is 2.24. The first kappa shape index (κ1) is 17.9. The lowest BCUT2D eigenvalue weighted by Crippen LogP contribution is -2.38. The standard InChI is InChI=1S/C17H16N6O4S/c1-21-15-14(16(25)22(2)17(21)26)23(9-19-15)8-13(24)18-7-10-6-11(27-20-10)12-4-3-5-28-12/h3-6,9H,7-8H2,1-2H3,(H,18,24). The Balaban J connectivity index is 1.49. The van der Waals surface area contributed by atoms with Crippen LogP contribution in [0.2, 0.25) is 0 Å². The minimum Gasteiger partial charge on any atom is -0.355 e. The average molecular weight is 400 g/mol. The van der Waals surface area contributed by atoms with Crippen molar-refractivity contribution in [3.63, 3.8) is 0 Å². The number of carbonyl (C=O) groups excluding carboxylic acids is 1. The molecule has 144 valence electrons. The number of hydrogen-bond acceptors (Lipinski definition) is 7. The fourth-order valence-electron chi connectivity index (χ4n) is 2.85. The number of thiophene rings is 1. The Bertz CT molecular complexity index is 1280. The molecule has 0 aliphatic heterocycles. The molecule has 4 aromatic rings. The monoisotopic (exact) mass is 400 g/mol. The molecule has 0 unspecified atom stereocenters. The number of nitrogens with one attached hydrogen (secondary N) is 1. The molecule has 0 saturated carbocycles. The molecule has 0 saturated heterocycles. The van der Waals surface area contributed by atoms with E-state index < -0.39 is 11.2 Å². The molecule has 4 rings (SSSR count). The van der Waals surface area contributed by atoms with E-state index >= 15 is 0 Å². The highest BCUT2D eigenvalue weighted by molar-refractivity contribution is 7.13. The van der Waals surface area contributed by atoms with Crippen LogP contribution in [0.3, 0.4) is 0 Å². The third-order valence-corrected chi connectivity index (χ3v) is 5.21. The van der Waals surface area contributed by atoms with Crippen molar-refractivity contribution in [1.29, 1.82) is 0 Å². The van der Waals surface area contributed by atoms with Gasteiger partial charge in [-0.2, -0.15) is 0 Å². The number of imidazole rings is 1. The lowest BCUT2D eigenvalue weighted by molar-refractivity contribution is -0.121. The average Bonchev–Trinajstić information content (AvgIpc) is 3.43. The van der Waals surface area contributed by atoms with Crippen LogP contribution in [-0.4, -0.2) is 29.7 Å². The molecule has 4 aromatic heterocycles. The zero-order chi connectivity index (χ0) is 19.8. The normalized spacial score (nSPS) is 11.2. The molecular weight excluding hydrogens is 384 g/mol. The van der Waals surface area contributed by atoms with Crippen molar-refractivity contribution >= 4 is 28.4 Å². The fourth-order valence-corrected chi connectivity index (χ4v) is 3.52. The van der Waals surface area contributed by atoms with Gasteiger partial charge >= 0.3 is 5.69 Å². The lowest BCUT2D eigenvalue weighted by Gasteiger charge is -2.07. The van der Waals surface area contributed by atoms with Crippen molar-refractivity contribution in [3.8, 4) is 10.6 Å². The van der Waals surface area contributed by atoms with Crippen molar-refractivity contribution in [2.75, 3.05) is 0 Å². The van der Waals surface area contributed by atoms with Gasteiger partial charge < -0.3 is 14.4 Å². The summed E-state index contributed by atoms with van der Waals surface area (Å²) in [6.07, 6.45) is 1.37. The van der Waals surface area contributed by atoms with Crippen LogP contribution in [0.5, 0.6) is 0 Å². The fraction of sp³-hybridized carbons (Fsp3) is 0.235. The second kappa shape index (κ2) is 6.93. The van der Waals surface area contributed by atoms with E-state index in [1.807, 2.05) is 17.5 Å². The first-order valence-corrected chi connectivity index (χ1v) is 9.20. The summed E-state index contributed by atoms with van der Waals surface area (Å²) in [6, 6.07) is 5.61.